The van der Waals surface area contributed by atoms with Gasteiger partial charge in [0.15, 0.2) is 11.3 Å². The van der Waals surface area contributed by atoms with Crippen molar-refractivity contribution in [3.05, 3.63) is 97.0 Å². The predicted molar refractivity (Wildman–Crippen MR) is 151 cm³/mol. The molecule has 0 aliphatic heterocycles. The lowest BCUT2D eigenvalue weighted by Crippen LogP contribution is -2.12. The molecule has 8 bridgehead atoms. The van der Waals surface area contributed by atoms with Crippen LogP contribution < -0.4 is 0 Å². The van der Waals surface area contributed by atoms with E-state index in [0.29, 0.717) is 27.9 Å². The second kappa shape index (κ2) is 7.92. The monoisotopic (exact) mass is 511 g/mol. The van der Waals surface area contributed by atoms with Gasteiger partial charge >= 0.3 is 0 Å². The Labute approximate surface area is 217 Å². The summed E-state index contributed by atoms with van der Waals surface area (Å²) in [6.07, 6.45) is 5.28. The lowest BCUT2D eigenvalue weighted by atomic mass is 10.2. The number of nitrogens with zero attached hydrogens (tertiary/aromatic N) is 5. The molecule has 6 heterocycles. The molecule has 0 spiro atoms. The van der Waals surface area contributed by atoms with Gasteiger partial charge in [-0.15, -0.1) is 11.3 Å². The number of fused-ring (bicyclic) bond motifs is 9. The predicted octanol–water partition coefficient (Wildman–Crippen LogP) is 6.52. The van der Waals surface area contributed by atoms with E-state index in [9.17, 15) is 4.79 Å². The van der Waals surface area contributed by atoms with Gasteiger partial charge < -0.3 is 4.98 Å². The van der Waals surface area contributed by atoms with Gasteiger partial charge in [-0.2, -0.15) is 5.10 Å². The number of rotatable bonds is 1. The molecule has 0 atom stereocenters. The third kappa shape index (κ3) is 3.12. The third-order valence-electron chi connectivity index (χ3n) is 6.77. The zero-order valence-electron chi connectivity index (χ0n) is 19.7. The Morgan fingerprint density at radius 2 is 1.71 bits per heavy atom. The Hall–Kier alpha value is -5.15. The summed E-state index contributed by atoms with van der Waals surface area (Å²) in [5.41, 5.74) is 5.05. The number of imidazole rings is 1. The maximum absolute atomic E-state index is 13.9. The molecule has 0 saturated heterocycles. The van der Waals surface area contributed by atoms with Gasteiger partial charge in [0, 0.05) is 38.8 Å². The molecule has 0 aliphatic carbocycles. The SMILES string of the molecule is O=C(c1ccccc1)n1c2cncc(c2)c2cnc3[nH]nc(c4nc5c(cccc5c5ccc1s5)[nH]4)c3c2. The van der Waals surface area contributed by atoms with Gasteiger partial charge in [-0.25, -0.2) is 9.97 Å². The number of thiophene rings is 1. The van der Waals surface area contributed by atoms with Crippen LogP contribution in [0, 0.1) is 0 Å². The molecule has 2 N–H and O–H groups in total. The molecule has 0 amide bonds. The Morgan fingerprint density at radius 1 is 0.816 bits per heavy atom. The topological polar surface area (TPSA) is 105 Å². The first kappa shape index (κ1) is 21.0. The van der Waals surface area contributed by atoms with Gasteiger partial charge in [0.1, 0.15) is 10.3 Å². The maximum atomic E-state index is 13.9. The van der Waals surface area contributed by atoms with Crippen molar-refractivity contribution in [1.82, 2.24) is 34.7 Å². The summed E-state index contributed by atoms with van der Waals surface area (Å²) in [6, 6.07) is 23.4. The molecule has 0 unspecified atom stereocenters. The van der Waals surface area contributed by atoms with E-state index in [1.165, 1.54) is 11.3 Å². The van der Waals surface area contributed by atoms with E-state index in [1.54, 1.807) is 23.2 Å². The summed E-state index contributed by atoms with van der Waals surface area (Å²) in [7, 11) is 0. The van der Waals surface area contributed by atoms with Crippen LogP contribution in [0.15, 0.2) is 91.4 Å². The highest BCUT2D eigenvalue weighted by Gasteiger charge is 2.14. The van der Waals surface area contributed by atoms with Gasteiger partial charge in [-0.1, -0.05) is 30.3 Å². The van der Waals surface area contributed by atoms with E-state index < -0.39 is 0 Å². The first-order valence-corrected chi connectivity index (χ1v) is 12.8. The van der Waals surface area contributed by atoms with Crippen LogP contribution in [0.25, 0.3) is 64.4 Å². The number of hydrogen-bond donors (Lipinski definition) is 2. The lowest BCUT2D eigenvalue weighted by molar-refractivity contribution is 0.0969. The van der Waals surface area contributed by atoms with Crippen LogP contribution in [-0.4, -0.2) is 40.6 Å². The van der Waals surface area contributed by atoms with Crippen molar-refractivity contribution in [1.29, 1.82) is 0 Å². The van der Waals surface area contributed by atoms with Crippen LogP contribution >= 0.6 is 11.3 Å². The van der Waals surface area contributed by atoms with Crippen LogP contribution in [0.1, 0.15) is 10.4 Å². The second-order valence-electron chi connectivity index (χ2n) is 9.06. The number of aromatic nitrogens is 7. The zero-order chi connectivity index (χ0) is 25.2. The molecule has 6 aromatic heterocycles. The molecule has 8 aromatic rings. The van der Waals surface area contributed by atoms with Gasteiger partial charge in [-0.3, -0.25) is 19.4 Å². The number of carbonyl (C=O) groups excluding carboxylic acids is 1. The van der Waals surface area contributed by atoms with Crippen LogP contribution in [0.3, 0.4) is 0 Å². The van der Waals surface area contributed by atoms with Crippen molar-refractivity contribution in [2.45, 2.75) is 0 Å². The minimum atomic E-state index is -0.131. The fraction of sp³-hybridized carbons (Fsp3) is 0. The van der Waals surface area contributed by atoms with Crippen molar-refractivity contribution >= 4 is 81.7 Å². The fourth-order valence-electron chi connectivity index (χ4n) is 4.94. The second-order valence-corrected chi connectivity index (χ2v) is 10.1. The summed E-state index contributed by atoms with van der Waals surface area (Å²) in [5, 5.41) is 11.1. The number of pyridine rings is 2. The fourth-order valence-corrected chi connectivity index (χ4v) is 5.99. The number of benzene rings is 2. The minimum Gasteiger partial charge on any atom is -0.337 e. The first-order chi connectivity index (χ1) is 18.7. The van der Waals surface area contributed by atoms with Crippen LogP contribution in [-0.2, 0) is 0 Å². The Balaban J connectivity index is 1.61. The normalized spacial score (nSPS) is 11.8. The number of aromatic amines is 2. The Kier molecular flexibility index (Phi) is 4.38. The van der Waals surface area contributed by atoms with Gasteiger partial charge in [0.25, 0.3) is 5.91 Å². The summed E-state index contributed by atoms with van der Waals surface area (Å²) >= 11 is 1.54. The average molecular weight is 512 g/mol. The van der Waals surface area contributed by atoms with Crippen molar-refractivity contribution in [3.63, 3.8) is 0 Å². The van der Waals surface area contributed by atoms with E-state index in [1.807, 2.05) is 66.7 Å². The Morgan fingerprint density at radius 3 is 2.63 bits per heavy atom. The van der Waals surface area contributed by atoms with E-state index in [-0.39, 0.29) is 5.91 Å². The molecule has 9 heteroatoms. The third-order valence-corrected chi connectivity index (χ3v) is 7.87. The van der Waals surface area contributed by atoms with Crippen LogP contribution in [0.5, 0.6) is 0 Å². The highest BCUT2D eigenvalue weighted by molar-refractivity contribution is 7.24. The highest BCUT2D eigenvalue weighted by atomic mass is 32.1. The highest BCUT2D eigenvalue weighted by Crippen LogP contribution is 2.30. The van der Waals surface area contributed by atoms with Gasteiger partial charge in [-0.05, 0) is 42.5 Å². The largest absolute Gasteiger partial charge is 0.337 e. The number of hydrogen-bond acceptors (Lipinski definition) is 6. The molecule has 0 radical (unpaired) electrons. The molecule has 180 valence electrons. The van der Waals surface area contributed by atoms with Gasteiger partial charge in [0.2, 0.25) is 0 Å². The average Bonchev–Trinajstić information content (AvgIpc) is 3.71. The summed E-state index contributed by atoms with van der Waals surface area (Å²) < 4.78 is 2.73. The van der Waals surface area contributed by atoms with Crippen molar-refractivity contribution in [3.8, 4) is 0 Å². The molecule has 38 heavy (non-hydrogen) atoms. The van der Waals surface area contributed by atoms with E-state index in [2.05, 4.69) is 31.2 Å². The van der Waals surface area contributed by atoms with Crippen molar-refractivity contribution < 1.29 is 4.79 Å². The Bertz CT molecular complexity index is 2270. The molecule has 0 fully saturated rings. The molecule has 0 saturated carbocycles. The van der Waals surface area contributed by atoms with Crippen molar-refractivity contribution in [2.75, 3.05) is 0 Å². The van der Waals surface area contributed by atoms with Crippen LogP contribution in [0.4, 0.5) is 0 Å². The maximum Gasteiger partial charge on any atom is 0.263 e. The summed E-state index contributed by atoms with van der Waals surface area (Å²) in [5.74, 6) is -0.131. The van der Waals surface area contributed by atoms with E-state index in [0.717, 1.165) is 42.1 Å². The number of nitrogens with one attached hydrogen (secondary N) is 2. The summed E-state index contributed by atoms with van der Waals surface area (Å²) in [4.78, 5) is 32.2. The van der Waals surface area contributed by atoms with E-state index in [4.69, 9.17) is 4.98 Å². The van der Waals surface area contributed by atoms with Crippen molar-refractivity contribution in [2.24, 2.45) is 0 Å². The zero-order valence-corrected chi connectivity index (χ0v) is 20.5. The number of para-hydroxylation sites is 1. The number of carbonyl (C=O) groups is 1. The number of H-pyrrole nitrogens is 2. The van der Waals surface area contributed by atoms with E-state index >= 15 is 0 Å². The quantitative estimate of drug-likeness (QED) is 0.261. The standard InChI is InChI=1S/C29H17N7OS/c37-29(16-5-2-1-3-6-16)36-19-11-17(13-30-15-19)18-12-21-26(34-35-27(21)31-14-18)28-32-22-8-4-7-20(25(22)33-28)23-9-10-24(36)38-23/h1-15H,(H,32,33)(H,31,34,35). The minimum absolute atomic E-state index is 0.131. The first-order valence-electron chi connectivity index (χ1n) is 12.0. The molecular formula is C29H17N7OS. The lowest BCUT2D eigenvalue weighted by Gasteiger charge is -2.08. The molecule has 8 nitrogen and oxygen atoms in total. The van der Waals surface area contributed by atoms with Crippen LogP contribution in [0.2, 0.25) is 0 Å². The molecule has 8 rings (SSSR count). The molecule has 2 aromatic carbocycles. The van der Waals surface area contributed by atoms with Gasteiger partial charge in [0.05, 0.1) is 28.1 Å². The molecule has 0 aliphatic rings. The smallest absolute Gasteiger partial charge is 0.263 e. The summed E-state index contributed by atoms with van der Waals surface area (Å²) in [6.45, 7) is 0. The molecular weight excluding hydrogens is 494 g/mol.